The molecule has 7 nitrogen and oxygen atoms in total. The Hall–Kier alpha value is -3.87. The first-order valence-electron chi connectivity index (χ1n) is 11.0. The number of nitrogens with one attached hydrogen (secondary N) is 1. The Bertz CT molecular complexity index is 1150. The topological polar surface area (TPSA) is 81.9 Å². The van der Waals surface area contributed by atoms with E-state index in [1.807, 2.05) is 49.6 Å². The molecule has 172 valence electrons. The monoisotopic (exact) mass is 447 g/mol. The van der Waals surface area contributed by atoms with Crippen LogP contribution in [0.4, 0.5) is 0 Å². The molecule has 0 saturated carbocycles. The molecule has 0 aliphatic carbocycles. The van der Waals surface area contributed by atoms with Gasteiger partial charge in [-0.15, -0.1) is 0 Å². The summed E-state index contributed by atoms with van der Waals surface area (Å²) >= 11 is 0. The molecule has 0 aliphatic rings. The number of amides is 1. The highest BCUT2D eigenvalue weighted by atomic mass is 16.5. The fraction of sp³-hybridized carbons (Fsp3) is 0.269. The van der Waals surface area contributed by atoms with Crippen LogP contribution in [0.5, 0.6) is 5.75 Å². The molecule has 1 amide bonds. The van der Waals surface area contributed by atoms with E-state index < -0.39 is 0 Å². The zero-order chi connectivity index (χ0) is 23.8. The maximum atomic E-state index is 12.4. The van der Waals surface area contributed by atoms with Crippen molar-refractivity contribution in [3.8, 4) is 11.4 Å². The molecule has 0 radical (unpaired) electrons. The number of ether oxygens (including phenoxy) is 2. The number of benzene rings is 2. The molecule has 0 bridgehead atoms. The van der Waals surface area contributed by atoms with Crippen molar-refractivity contribution in [3.63, 3.8) is 0 Å². The Morgan fingerprint density at radius 1 is 1.06 bits per heavy atom. The fourth-order valence-electron chi connectivity index (χ4n) is 3.49. The average Bonchev–Trinajstić information content (AvgIpc) is 3.10. The summed E-state index contributed by atoms with van der Waals surface area (Å²) in [5.74, 6) is 0.0522. The predicted octanol–water partition coefficient (Wildman–Crippen LogP) is 4.82. The molecule has 3 aromatic rings. The van der Waals surface area contributed by atoms with E-state index in [0.717, 1.165) is 34.8 Å². The van der Waals surface area contributed by atoms with Crippen molar-refractivity contribution in [2.24, 2.45) is 5.10 Å². The van der Waals surface area contributed by atoms with Crippen molar-refractivity contribution in [2.75, 3.05) is 13.2 Å². The van der Waals surface area contributed by atoms with Crippen LogP contribution in [0.1, 0.15) is 57.9 Å². The second kappa shape index (κ2) is 11.1. The predicted molar refractivity (Wildman–Crippen MR) is 128 cm³/mol. The fourth-order valence-corrected chi connectivity index (χ4v) is 3.49. The SMILES string of the molecule is CCCOc1ccc(C(=O)N/N=C\c2cc(C)n(-c3ccccc3C(=O)OCC)c2C)cc1. The average molecular weight is 448 g/mol. The molecule has 0 spiro atoms. The van der Waals surface area contributed by atoms with Gasteiger partial charge in [0.25, 0.3) is 5.91 Å². The molecule has 7 heteroatoms. The largest absolute Gasteiger partial charge is 0.494 e. The van der Waals surface area contributed by atoms with Crippen LogP contribution in [0.3, 0.4) is 0 Å². The minimum atomic E-state index is -0.366. The van der Waals surface area contributed by atoms with Gasteiger partial charge in [0.2, 0.25) is 0 Å². The molecule has 0 saturated heterocycles. The molecule has 0 aliphatic heterocycles. The van der Waals surface area contributed by atoms with E-state index in [9.17, 15) is 9.59 Å². The minimum absolute atomic E-state index is 0.308. The number of esters is 1. The van der Waals surface area contributed by atoms with E-state index in [1.54, 1.807) is 43.5 Å². The first-order chi connectivity index (χ1) is 16.0. The van der Waals surface area contributed by atoms with Crippen LogP contribution < -0.4 is 10.2 Å². The van der Waals surface area contributed by atoms with Crippen LogP contribution in [0.2, 0.25) is 0 Å². The molecule has 0 unspecified atom stereocenters. The van der Waals surface area contributed by atoms with Gasteiger partial charge in [0.15, 0.2) is 0 Å². The van der Waals surface area contributed by atoms with Crippen LogP contribution in [-0.2, 0) is 4.74 Å². The van der Waals surface area contributed by atoms with Gasteiger partial charge in [-0.1, -0.05) is 19.1 Å². The molecule has 1 aromatic heterocycles. The highest BCUT2D eigenvalue weighted by Gasteiger charge is 2.17. The van der Waals surface area contributed by atoms with Crippen molar-refractivity contribution in [3.05, 3.63) is 82.7 Å². The second-order valence-corrected chi connectivity index (χ2v) is 7.47. The van der Waals surface area contributed by atoms with Gasteiger partial charge >= 0.3 is 5.97 Å². The number of para-hydroxylation sites is 1. The van der Waals surface area contributed by atoms with Crippen LogP contribution in [0, 0.1) is 13.8 Å². The molecule has 2 aromatic carbocycles. The zero-order valence-electron chi connectivity index (χ0n) is 19.4. The van der Waals surface area contributed by atoms with E-state index in [2.05, 4.69) is 10.5 Å². The van der Waals surface area contributed by atoms with E-state index in [1.165, 1.54) is 0 Å². The lowest BCUT2D eigenvalue weighted by atomic mass is 10.1. The van der Waals surface area contributed by atoms with Gasteiger partial charge in [-0.25, -0.2) is 10.2 Å². The summed E-state index contributed by atoms with van der Waals surface area (Å²) in [7, 11) is 0. The number of carbonyl (C=O) groups excluding carboxylic acids is 2. The lowest BCUT2D eigenvalue weighted by Gasteiger charge is -2.14. The van der Waals surface area contributed by atoms with Gasteiger partial charge in [-0.05, 0) is 69.7 Å². The molecule has 3 rings (SSSR count). The van der Waals surface area contributed by atoms with Gasteiger partial charge in [0, 0.05) is 22.5 Å². The smallest absolute Gasteiger partial charge is 0.340 e. The van der Waals surface area contributed by atoms with Crippen LogP contribution in [-0.4, -0.2) is 35.9 Å². The van der Waals surface area contributed by atoms with Gasteiger partial charge in [-0.2, -0.15) is 5.10 Å². The molecular weight excluding hydrogens is 418 g/mol. The van der Waals surface area contributed by atoms with E-state index in [0.29, 0.717) is 24.3 Å². The summed E-state index contributed by atoms with van der Waals surface area (Å²) in [6.07, 6.45) is 2.52. The maximum Gasteiger partial charge on any atom is 0.340 e. The van der Waals surface area contributed by atoms with E-state index in [4.69, 9.17) is 9.47 Å². The quantitative estimate of drug-likeness (QED) is 0.290. The second-order valence-electron chi connectivity index (χ2n) is 7.47. The normalized spacial score (nSPS) is 10.9. The number of hydrogen-bond donors (Lipinski definition) is 1. The summed E-state index contributed by atoms with van der Waals surface area (Å²) in [5, 5.41) is 4.13. The molecule has 1 heterocycles. The number of aryl methyl sites for hydroxylation is 1. The number of hydrogen-bond acceptors (Lipinski definition) is 5. The van der Waals surface area contributed by atoms with Gasteiger partial charge in [-0.3, -0.25) is 4.79 Å². The lowest BCUT2D eigenvalue weighted by molar-refractivity contribution is 0.0526. The van der Waals surface area contributed by atoms with Gasteiger partial charge in [0.1, 0.15) is 5.75 Å². The molecule has 33 heavy (non-hydrogen) atoms. The highest BCUT2D eigenvalue weighted by molar-refractivity contribution is 5.95. The Kier molecular flexibility index (Phi) is 8.02. The van der Waals surface area contributed by atoms with E-state index >= 15 is 0 Å². The summed E-state index contributed by atoms with van der Waals surface area (Å²) in [6, 6.07) is 16.2. The third-order valence-electron chi connectivity index (χ3n) is 5.07. The highest BCUT2D eigenvalue weighted by Crippen LogP contribution is 2.23. The first kappa shape index (κ1) is 23.8. The number of rotatable bonds is 9. The van der Waals surface area contributed by atoms with Gasteiger partial charge < -0.3 is 14.0 Å². The van der Waals surface area contributed by atoms with Gasteiger partial charge in [0.05, 0.1) is 30.7 Å². The van der Waals surface area contributed by atoms with E-state index in [-0.39, 0.29) is 11.9 Å². The summed E-state index contributed by atoms with van der Waals surface area (Å²) < 4.78 is 12.7. The Morgan fingerprint density at radius 3 is 2.48 bits per heavy atom. The van der Waals surface area contributed by atoms with Crippen LogP contribution in [0.25, 0.3) is 5.69 Å². The summed E-state index contributed by atoms with van der Waals surface area (Å²) in [4.78, 5) is 24.8. The van der Waals surface area contributed by atoms with Crippen molar-refractivity contribution in [1.29, 1.82) is 0 Å². The van der Waals surface area contributed by atoms with Crippen molar-refractivity contribution in [1.82, 2.24) is 9.99 Å². The molecule has 0 atom stereocenters. The Labute approximate surface area is 194 Å². The molecule has 0 fully saturated rings. The Balaban J connectivity index is 1.76. The first-order valence-corrected chi connectivity index (χ1v) is 11.0. The minimum Gasteiger partial charge on any atom is -0.494 e. The van der Waals surface area contributed by atoms with Crippen LogP contribution in [0.15, 0.2) is 59.7 Å². The maximum absolute atomic E-state index is 12.4. The standard InChI is InChI=1S/C26H29N3O4/c1-5-15-33-22-13-11-20(12-14-22)25(30)28-27-17-21-16-18(3)29(19(21)4)24-10-8-7-9-23(24)26(31)32-6-2/h7-14,16-17H,5-6,15H2,1-4H3,(H,28,30)/b27-17-. The molecule has 1 N–H and O–H groups in total. The summed E-state index contributed by atoms with van der Waals surface area (Å²) in [6.45, 7) is 8.65. The summed E-state index contributed by atoms with van der Waals surface area (Å²) in [5.41, 5.74) is 6.92. The third-order valence-corrected chi connectivity index (χ3v) is 5.07. The lowest BCUT2D eigenvalue weighted by Crippen LogP contribution is -2.17. The van der Waals surface area contributed by atoms with Crippen LogP contribution >= 0.6 is 0 Å². The number of hydrazone groups is 1. The Morgan fingerprint density at radius 2 is 1.79 bits per heavy atom. The van der Waals surface area contributed by atoms with Crippen molar-refractivity contribution in [2.45, 2.75) is 34.1 Å². The zero-order valence-corrected chi connectivity index (χ0v) is 19.4. The number of carbonyl (C=O) groups is 2. The van der Waals surface area contributed by atoms with Crippen molar-refractivity contribution >= 4 is 18.1 Å². The number of nitrogens with zero attached hydrogens (tertiary/aromatic N) is 2. The number of aromatic nitrogens is 1. The van der Waals surface area contributed by atoms with Crippen molar-refractivity contribution < 1.29 is 19.1 Å². The third kappa shape index (κ3) is 5.68. The molecular formula is C26H29N3O4.